The average Bonchev–Trinajstić information content (AvgIpc) is 2.37. The minimum absolute atomic E-state index is 0. The number of anilines is 1. The van der Waals surface area contributed by atoms with Gasteiger partial charge in [-0.2, -0.15) is 0 Å². The van der Waals surface area contributed by atoms with Gasteiger partial charge in [0.1, 0.15) is 6.04 Å². The van der Waals surface area contributed by atoms with Crippen LogP contribution >= 0.6 is 39.9 Å². The second kappa shape index (κ2) is 10.00. The number of carboxylic acids is 1. The lowest BCUT2D eigenvalue weighted by Crippen LogP contribution is -2.41. The van der Waals surface area contributed by atoms with Crippen molar-refractivity contribution in [2.45, 2.75) is 25.8 Å². The fourth-order valence-corrected chi connectivity index (χ4v) is 2.32. The van der Waals surface area contributed by atoms with Gasteiger partial charge in [-0.1, -0.05) is 40.9 Å². The zero-order chi connectivity index (χ0) is 15.1. The van der Waals surface area contributed by atoms with Gasteiger partial charge in [-0.3, -0.25) is 14.9 Å². The van der Waals surface area contributed by atoms with E-state index in [2.05, 4.69) is 26.6 Å². The van der Waals surface area contributed by atoms with Gasteiger partial charge in [-0.05, 0) is 24.6 Å². The molecule has 0 saturated carbocycles. The van der Waals surface area contributed by atoms with Gasteiger partial charge in [0.15, 0.2) is 0 Å². The second-order valence-electron chi connectivity index (χ2n) is 4.23. The van der Waals surface area contributed by atoms with Gasteiger partial charge in [0.05, 0.1) is 17.3 Å². The molecule has 3 N–H and O–H groups in total. The van der Waals surface area contributed by atoms with Gasteiger partial charge in [-0.25, -0.2) is 0 Å². The Bertz CT molecular complexity index is 500. The molecule has 1 unspecified atom stereocenters. The number of benzene rings is 1. The second-order valence-corrected chi connectivity index (χ2v) is 5.56. The first kappa shape index (κ1) is 20.2. The zero-order valence-corrected chi connectivity index (χ0v) is 14.5. The van der Waals surface area contributed by atoms with Crippen molar-refractivity contribution < 1.29 is 14.7 Å². The summed E-state index contributed by atoms with van der Waals surface area (Å²) >= 11 is 9.25. The number of nitrogens with one attached hydrogen (secondary N) is 2. The van der Waals surface area contributed by atoms with E-state index < -0.39 is 12.0 Å². The number of hydrogen-bond donors (Lipinski definition) is 3. The highest BCUT2D eigenvalue weighted by Crippen LogP contribution is 2.25. The fourth-order valence-electron chi connectivity index (χ4n) is 1.60. The van der Waals surface area contributed by atoms with Crippen LogP contribution in [0, 0.1) is 0 Å². The van der Waals surface area contributed by atoms with Crippen molar-refractivity contribution in [3.05, 3.63) is 27.7 Å². The largest absolute Gasteiger partial charge is 0.480 e. The van der Waals surface area contributed by atoms with Gasteiger partial charge < -0.3 is 10.4 Å². The molecule has 0 radical (unpaired) electrons. The normalized spacial score (nSPS) is 11.4. The van der Waals surface area contributed by atoms with Crippen LogP contribution < -0.4 is 10.6 Å². The van der Waals surface area contributed by atoms with Crippen molar-refractivity contribution in [1.29, 1.82) is 0 Å². The Hall–Kier alpha value is -0.820. The molecular weight excluding hydrogens is 383 g/mol. The molecule has 0 aliphatic heterocycles. The maximum Gasteiger partial charge on any atom is 0.320 e. The summed E-state index contributed by atoms with van der Waals surface area (Å²) in [7, 11) is 0. The number of carboxylic acid groups (broad SMARTS) is 1. The van der Waals surface area contributed by atoms with Crippen LogP contribution in [0.5, 0.6) is 0 Å². The smallest absolute Gasteiger partial charge is 0.320 e. The molecule has 0 aliphatic carbocycles. The summed E-state index contributed by atoms with van der Waals surface area (Å²) < 4.78 is 0.813. The number of carbonyl (C=O) groups is 2. The van der Waals surface area contributed by atoms with Gasteiger partial charge >= 0.3 is 5.97 Å². The summed E-state index contributed by atoms with van der Waals surface area (Å²) in [5, 5.41) is 14.7. The molecule has 8 heteroatoms. The molecule has 1 aromatic rings. The van der Waals surface area contributed by atoms with Crippen molar-refractivity contribution in [2.24, 2.45) is 0 Å². The molecule has 0 saturated heterocycles. The maximum atomic E-state index is 11.7. The zero-order valence-electron chi connectivity index (χ0n) is 11.4. The number of aliphatic carboxylic acids is 1. The molecule has 0 aliphatic rings. The highest BCUT2D eigenvalue weighted by molar-refractivity contribution is 9.10. The number of carbonyl (C=O) groups excluding carboxylic acids is 1. The third-order valence-electron chi connectivity index (χ3n) is 2.59. The maximum absolute atomic E-state index is 11.7. The molecule has 1 atom stereocenters. The van der Waals surface area contributed by atoms with Crippen molar-refractivity contribution >= 4 is 57.5 Å². The average molecular weight is 400 g/mol. The van der Waals surface area contributed by atoms with Gasteiger partial charge in [0.2, 0.25) is 5.91 Å². The molecule has 0 bridgehead atoms. The fraction of sp³-hybridized carbons (Fsp3) is 0.385. The highest BCUT2D eigenvalue weighted by Gasteiger charge is 2.17. The van der Waals surface area contributed by atoms with E-state index in [4.69, 9.17) is 16.7 Å². The Morgan fingerprint density at radius 3 is 2.62 bits per heavy atom. The van der Waals surface area contributed by atoms with Crippen LogP contribution in [0.3, 0.4) is 0 Å². The van der Waals surface area contributed by atoms with E-state index in [1.54, 1.807) is 18.2 Å². The minimum atomic E-state index is -0.957. The predicted molar refractivity (Wildman–Crippen MR) is 89.4 cm³/mol. The molecule has 118 valence electrons. The molecule has 1 aromatic carbocycles. The van der Waals surface area contributed by atoms with Gasteiger partial charge in [-0.15, -0.1) is 12.4 Å². The Morgan fingerprint density at radius 2 is 2.10 bits per heavy atom. The van der Waals surface area contributed by atoms with E-state index in [1.807, 2.05) is 6.92 Å². The van der Waals surface area contributed by atoms with E-state index >= 15 is 0 Å². The summed E-state index contributed by atoms with van der Waals surface area (Å²) in [6, 6.07) is 4.38. The third kappa shape index (κ3) is 7.13. The summed E-state index contributed by atoms with van der Waals surface area (Å²) in [5.74, 6) is -1.29. The van der Waals surface area contributed by atoms with E-state index in [0.717, 1.165) is 10.9 Å². The highest BCUT2D eigenvalue weighted by atomic mass is 79.9. The van der Waals surface area contributed by atoms with Crippen LogP contribution in [-0.4, -0.2) is 29.6 Å². The molecular formula is C13H17BrCl2N2O3. The molecule has 0 aromatic heterocycles. The monoisotopic (exact) mass is 398 g/mol. The lowest BCUT2D eigenvalue weighted by Gasteiger charge is -2.13. The molecule has 0 heterocycles. The molecule has 5 nitrogen and oxygen atoms in total. The standard InChI is InChI=1S/C13H16BrClN2O3.ClH/c1-2-3-11(13(19)20)16-7-12(18)17-10-5-4-8(14)6-9(10)15;/h4-6,11,16H,2-3,7H2,1H3,(H,17,18)(H,19,20);1H. The Morgan fingerprint density at radius 1 is 1.43 bits per heavy atom. The van der Waals surface area contributed by atoms with Crippen LogP contribution in [0.4, 0.5) is 5.69 Å². The first-order valence-electron chi connectivity index (χ1n) is 6.15. The Kier molecular flexibility index (Phi) is 9.61. The molecule has 1 amide bonds. The first-order valence-corrected chi connectivity index (χ1v) is 7.32. The lowest BCUT2D eigenvalue weighted by atomic mass is 10.2. The topological polar surface area (TPSA) is 78.4 Å². The number of rotatable bonds is 7. The van der Waals surface area contributed by atoms with Crippen LogP contribution in [0.25, 0.3) is 0 Å². The Labute approximate surface area is 143 Å². The molecule has 0 spiro atoms. The van der Waals surface area contributed by atoms with Crippen molar-refractivity contribution in [3.8, 4) is 0 Å². The Balaban J connectivity index is 0.00000400. The molecule has 21 heavy (non-hydrogen) atoms. The van der Waals surface area contributed by atoms with Crippen LogP contribution in [0.15, 0.2) is 22.7 Å². The summed E-state index contributed by atoms with van der Waals surface area (Å²) in [4.78, 5) is 22.7. The van der Waals surface area contributed by atoms with Crippen molar-refractivity contribution in [1.82, 2.24) is 5.32 Å². The molecule has 1 rings (SSSR count). The van der Waals surface area contributed by atoms with Crippen LogP contribution in [0.1, 0.15) is 19.8 Å². The van der Waals surface area contributed by atoms with E-state index in [-0.39, 0.29) is 24.9 Å². The van der Waals surface area contributed by atoms with Crippen molar-refractivity contribution in [2.75, 3.05) is 11.9 Å². The van der Waals surface area contributed by atoms with Crippen molar-refractivity contribution in [3.63, 3.8) is 0 Å². The SMILES string of the molecule is CCCC(NCC(=O)Nc1ccc(Br)cc1Cl)C(=O)O.Cl. The quantitative estimate of drug-likeness (QED) is 0.657. The third-order valence-corrected chi connectivity index (χ3v) is 3.40. The van der Waals surface area contributed by atoms with Crippen LogP contribution in [-0.2, 0) is 9.59 Å². The van der Waals surface area contributed by atoms with Gasteiger partial charge in [0.25, 0.3) is 0 Å². The number of amides is 1. The molecule has 0 fully saturated rings. The van der Waals surface area contributed by atoms with E-state index in [9.17, 15) is 9.59 Å². The van der Waals surface area contributed by atoms with E-state index in [1.165, 1.54) is 0 Å². The van der Waals surface area contributed by atoms with Crippen LogP contribution in [0.2, 0.25) is 5.02 Å². The van der Waals surface area contributed by atoms with Gasteiger partial charge in [0, 0.05) is 4.47 Å². The lowest BCUT2D eigenvalue weighted by molar-refractivity contribution is -0.139. The predicted octanol–water partition coefficient (Wildman–Crippen LogP) is 3.31. The number of hydrogen-bond acceptors (Lipinski definition) is 3. The first-order chi connectivity index (χ1) is 9.43. The summed E-state index contributed by atoms with van der Waals surface area (Å²) in [6.07, 6.45) is 1.20. The number of halogens is 3. The minimum Gasteiger partial charge on any atom is -0.480 e. The summed E-state index contributed by atoms with van der Waals surface area (Å²) in [6.45, 7) is 1.81. The van der Waals surface area contributed by atoms with E-state index in [0.29, 0.717) is 17.1 Å². The summed E-state index contributed by atoms with van der Waals surface area (Å²) in [5.41, 5.74) is 0.490.